The van der Waals surface area contributed by atoms with Crippen LogP contribution in [0.4, 0.5) is 0 Å². The Morgan fingerprint density at radius 3 is 2.55 bits per heavy atom. The van der Waals surface area contributed by atoms with Gasteiger partial charge in [0.15, 0.2) is 0 Å². The number of carbonyl (C=O) groups excluding carboxylic acids is 1. The van der Waals surface area contributed by atoms with E-state index in [1.165, 1.54) is 10.1 Å². The molecule has 1 N–H and O–H groups in total. The molecule has 164 valence electrons. The number of carbonyl (C=O) groups is 1. The van der Waals surface area contributed by atoms with Crippen molar-refractivity contribution in [2.75, 3.05) is 18.8 Å². The molecule has 4 nitrogen and oxygen atoms in total. The highest BCUT2D eigenvalue weighted by Crippen LogP contribution is 2.43. The van der Waals surface area contributed by atoms with Crippen LogP contribution in [0.15, 0.2) is 51.8 Å². The number of allylic oxidation sites excluding steroid dienone is 1. The molecule has 4 rings (SSSR count). The third-order valence-corrected chi connectivity index (χ3v) is 7.21. The van der Waals surface area contributed by atoms with Gasteiger partial charge in [-0.25, -0.2) is 0 Å². The summed E-state index contributed by atoms with van der Waals surface area (Å²) < 4.78 is 12.9. The molecule has 0 amide bonds. The minimum Gasteiger partial charge on any atom is -0.489 e. The Kier molecular flexibility index (Phi) is 6.80. The van der Waals surface area contributed by atoms with E-state index in [0.717, 1.165) is 53.5 Å². The molecule has 1 saturated heterocycles. The molecule has 2 aliphatic heterocycles. The third kappa shape index (κ3) is 5.36. The van der Waals surface area contributed by atoms with Crippen molar-refractivity contribution in [1.82, 2.24) is 5.32 Å². The minimum absolute atomic E-state index is 0.226. The van der Waals surface area contributed by atoms with E-state index in [9.17, 15) is 4.79 Å². The average Bonchev–Trinajstić information content (AvgIpc) is 3.17. The van der Waals surface area contributed by atoms with Gasteiger partial charge in [0.1, 0.15) is 17.6 Å². The topological polar surface area (TPSA) is 47.6 Å². The molecule has 1 fully saturated rings. The summed E-state index contributed by atoms with van der Waals surface area (Å²) in [5.41, 5.74) is 2.94. The lowest BCUT2D eigenvalue weighted by Gasteiger charge is -2.18. The van der Waals surface area contributed by atoms with Gasteiger partial charge < -0.3 is 14.8 Å². The number of thioether (sulfide) groups is 1. The fraction of sp³-hybridized carbons (Fsp3) is 0.400. The summed E-state index contributed by atoms with van der Waals surface area (Å²) in [5, 5.41) is 3.33. The lowest BCUT2D eigenvalue weighted by atomic mass is 9.96. The van der Waals surface area contributed by atoms with E-state index in [0.29, 0.717) is 5.75 Å². The highest BCUT2D eigenvalue weighted by Gasteiger charge is 2.25. The quantitative estimate of drug-likeness (QED) is 0.409. The van der Waals surface area contributed by atoms with E-state index in [1.54, 1.807) is 11.8 Å². The molecule has 0 bridgehead atoms. The van der Waals surface area contributed by atoms with Gasteiger partial charge in [-0.15, -0.1) is 11.8 Å². The van der Waals surface area contributed by atoms with Crippen LogP contribution in [0, 0.1) is 5.41 Å². The maximum Gasteiger partial charge on any atom is 0.316 e. The van der Waals surface area contributed by atoms with Crippen LogP contribution in [0.25, 0.3) is 5.57 Å². The fourth-order valence-electron chi connectivity index (χ4n) is 3.61. The number of nitrogens with one attached hydrogen (secondary N) is 1. The Morgan fingerprint density at radius 1 is 1.13 bits per heavy atom. The lowest BCUT2D eigenvalue weighted by Crippen LogP contribution is -2.25. The van der Waals surface area contributed by atoms with Crippen LogP contribution in [-0.2, 0) is 4.79 Å². The molecule has 0 unspecified atom stereocenters. The van der Waals surface area contributed by atoms with Gasteiger partial charge in [-0.05, 0) is 81.6 Å². The van der Waals surface area contributed by atoms with Crippen molar-refractivity contribution in [3.05, 3.63) is 58.1 Å². The molecule has 2 heterocycles. The summed E-state index contributed by atoms with van der Waals surface area (Å²) in [5.74, 6) is 2.24. The van der Waals surface area contributed by atoms with Gasteiger partial charge in [-0.3, -0.25) is 4.79 Å². The third-order valence-electron chi connectivity index (χ3n) is 5.36. The van der Waals surface area contributed by atoms with Crippen LogP contribution in [0.1, 0.15) is 44.7 Å². The van der Waals surface area contributed by atoms with Gasteiger partial charge in [-0.2, -0.15) is 0 Å². The van der Waals surface area contributed by atoms with Crippen molar-refractivity contribution >= 4 is 39.2 Å². The van der Waals surface area contributed by atoms with Crippen LogP contribution in [0.2, 0.25) is 0 Å². The highest BCUT2D eigenvalue weighted by molar-refractivity contribution is 9.11. The Morgan fingerprint density at radius 2 is 1.87 bits per heavy atom. The van der Waals surface area contributed by atoms with Crippen molar-refractivity contribution in [2.24, 2.45) is 5.41 Å². The summed E-state index contributed by atoms with van der Waals surface area (Å²) in [6, 6.07) is 14.3. The Bertz CT molecular complexity index is 989. The first kappa shape index (κ1) is 22.4. The van der Waals surface area contributed by atoms with Crippen LogP contribution >= 0.6 is 27.7 Å². The first-order chi connectivity index (χ1) is 14.8. The summed E-state index contributed by atoms with van der Waals surface area (Å²) in [6.45, 7) is 7.52. The van der Waals surface area contributed by atoms with Crippen molar-refractivity contribution in [3.8, 4) is 11.5 Å². The Labute approximate surface area is 196 Å². The fourth-order valence-corrected chi connectivity index (χ4v) is 5.56. The molecule has 6 heteroatoms. The predicted molar refractivity (Wildman–Crippen MR) is 130 cm³/mol. The molecule has 0 radical (unpaired) electrons. The first-order valence-electron chi connectivity index (χ1n) is 10.7. The maximum absolute atomic E-state index is 12.3. The second-order valence-electron chi connectivity index (χ2n) is 8.93. The number of hydrogen-bond donors (Lipinski definition) is 1. The number of ether oxygens (including phenoxy) is 2. The van der Waals surface area contributed by atoms with Crippen molar-refractivity contribution < 1.29 is 14.3 Å². The number of halogens is 1. The van der Waals surface area contributed by atoms with Crippen LogP contribution in [0.5, 0.6) is 11.5 Å². The number of benzene rings is 2. The summed E-state index contributed by atoms with van der Waals surface area (Å²) >= 11 is 5.62. The molecule has 31 heavy (non-hydrogen) atoms. The smallest absolute Gasteiger partial charge is 0.316 e. The standard InChI is InChI=1S/C25H28BrNO3S/c1-25(2,3)24(28)30-18-8-9-20-22(14-18)31-13-11-21(26)23(20)16-4-6-17(7-5-16)29-19-10-12-27-15-19/h4-9,14,19,27H,10-13,15H2,1-3H3/t19-/m0/s1. The van der Waals surface area contributed by atoms with E-state index in [2.05, 4.69) is 51.6 Å². The van der Waals surface area contributed by atoms with Gasteiger partial charge >= 0.3 is 5.97 Å². The summed E-state index contributed by atoms with van der Waals surface area (Å²) in [6.07, 6.45) is 2.24. The maximum atomic E-state index is 12.3. The second-order valence-corrected chi connectivity index (χ2v) is 11.0. The number of rotatable bonds is 4. The molecule has 0 aliphatic carbocycles. The van der Waals surface area contributed by atoms with E-state index >= 15 is 0 Å². The Balaban J connectivity index is 1.60. The van der Waals surface area contributed by atoms with E-state index in [4.69, 9.17) is 9.47 Å². The molecule has 2 aromatic rings. The normalized spacial score (nSPS) is 19.0. The molecule has 1 atom stereocenters. The SMILES string of the molecule is CC(C)(C)C(=O)Oc1ccc2c(c1)SCCC(Br)=C2c1ccc(O[C@H]2CCNC2)cc1. The Hall–Kier alpha value is -1.76. The van der Waals surface area contributed by atoms with E-state index in [1.807, 2.05) is 32.9 Å². The van der Waals surface area contributed by atoms with Crippen molar-refractivity contribution in [3.63, 3.8) is 0 Å². The van der Waals surface area contributed by atoms with E-state index < -0.39 is 5.41 Å². The zero-order valence-electron chi connectivity index (χ0n) is 18.2. The van der Waals surface area contributed by atoms with Crippen molar-refractivity contribution in [2.45, 2.75) is 44.6 Å². The van der Waals surface area contributed by atoms with Crippen LogP contribution < -0.4 is 14.8 Å². The monoisotopic (exact) mass is 501 g/mol. The van der Waals surface area contributed by atoms with Crippen LogP contribution in [-0.4, -0.2) is 30.9 Å². The average molecular weight is 502 g/mol. The molecule has 0 aromatic heterocycles. The first-order valence-corrected chi connectivity index (χ1v) is 12.4. The summed E-state index contributed by atoms with van der Waals surface area (Å²) in [7, 11) is 0. The predicted octanol–water partition coefficient (Wildman–Crippen LogP) is 6.03. The molecular formula is C25H28BrNO3S. The molecule has 2 aromatic carbocycles. The zero-order chi connectivity index (χ0) is 22.0. The van der Waals surface area contributed by atoms with Crippen molar-refractivity contribution in [1.29, 1.82) is 0 Å². The molecular weight excluding hydrogens is 474 g/mol. The zero-order valence-corrected chi connectivity index (χ0v) is 20.6. The second kappa shape index (κ2) is 9.39. The minimum atomic E-state index is -0.535. The largest absolute Gasteiger partial charge is 0.489 e. The molecule has 2 aliphatic rings. The van der Waals surface area contributed by atoms with Gasteiger partial charge in [0.25, 0.3) is 0 Å². The number of fused-ring (bicyclic) bond motifs is 1. The number of hydrogen-bond acceptors (Lipinski definition) is 5. The van der Waals surface area contributed by atoms with E-state index in [-0.39, 0.29) is 12.1 Å². The molecule has 0 saturated carbocycles. The van der Waals surface area contributed by atoms with Crippen LogP contribution in [0.3, 0.4) is 0 Å². The lowest BCUT2D eigenvalue weighted by molar-refractivity contribution is -0.143. The van der Waals surface area contributed by atoms with Gasteiger partial charge in [0, 0.05) is 27.2 Å². The highest BCUT2D eigenvalue weighted by atomic mass is 79.9. The summed E-state index contributed by atoms with van der Waals surface area (Å²) in [4.78, 5) is 13.4. The van der Waals surface area contributed by atoms with Gasteiger partial charge in [-0.1, -0.05) is 28.1 Å². The van der Waals surface area contributed by atoms with Gasteiger partial charge in [0.05, 0.1) is 5.41 Å². The van der Waals surface area contributed by atoms with Gasteiger partial charge in [0.2, 0.25) is 0 Å². The molecule has 0 spiro atoms. The number of esters is 1.